The molecule has 124 valence electrons. The van der Waals surface area contributed by atoms with Crippen molar-refractivity contribution in [2.45, 2.75) is 85.5 Å². The van der Waals surface area contributed by atoms with Gasteiger partial charge < -0.3 is 5.32 Å². The van der Waals surface area contributed by atoms with Crippen molar-refractivity contribution in [3.63, 3.8) is 0 Å². The van der Waals surface area contributed by atoms with E-state index in [0.29, 0.717) is 5.41 Å². The van der Waals surface area contributed by atoms with Gasteiger partial charge in [0, 0.05) is 12.2 Å². The first-order chi connectivity index (χ1) is 10.6. The summed E-state index contributed by atoms with van der Waals surface area (Å²) >= 11 is 0. The number of rotatable bonds is 3. The zero-order chi connectivity index (χ0) is 16.0. The Morgan fingerprint density at radius 1 is 1.00 bits per heavy atom. The van der Waals surface area contributed by atoms with Gasteiger partial charge in [-0.1, -0.05) is 50.8 Å². The van der Waals surface area contributed by atoms with E-state index in [-0.39, 0.29) is 0 Å². The molecule has 0 aromatic rings. The molecule has 0 aromatic carbocycles. The van der Waals surface area contributed by atoms with Crippen LogP contribution < -0.4 is 5.32 Å². The van der Waals surface area contributed by atoms with Crippen LogP contribution in [0.5, 0.6) is 0 Å². The maximum atomic E-state index is 3.63. The highest BCUT2D eigenvalue weighted by atomic mass is 14.9. The number of allylic oxidation sites excluding steroid dienone is 4. The van der Waals surface area contributed by atoms with Crippen molar-refractivity contribution >= 4 is 0 Å². The minimum absolute atomic E-state index is 0.337. The molecule has 0 aromatic heterocycles. The highest BCUT2D eigenvalue weighted by Gasteiger charge is 2.26. The van der Waals surface area contributed by atoms with Crippen LogP contribution in [0.2, 0.25) is 0 Å². The van der Waals surface area contributed by atoms with Gasteiger partial charge in [-0.3, -0.25) is 0 Å². The smallest absolute Gasteiger partial charge is 0.0372 e. The Morgan fingerprint density at radius 3 is 2.50 bits per heavy atom. The topological polar surface area (TPSA) is 12.0 Å². The molecule has 1 N–H and O–H groups in total. The quantitative estimate of drug-likeness (QED) is 0.646. The van der Waals surface area contributed by atoms with Gasteiger partial charge in [0.25, 0.3) is 0 Å². The fourth-order valence-electron chi connectivity index (χ4n) is 3.82. The molecular weight excluding hydrogens is 266 g/mol. The van der Waals surface area contributed by atoms with Crippen LogP contribution in [-0.4, -0.2) is 6.54 Å². The summed E-state index contributed by atoms with van der Waals surface area (Å²) in [5.41, 5.74) is 6.52. The van der Waals surface area contributed by atoms with E-state index < -0.39 is 0 Å². The second-order valence-corrected chi connectivity index (χ2v) is 7.60. The Kier molecular flexibility index (Phi) is 6.35. The molecule has 1 nitrogen and oxygen atoms in total. The molecule has 0 atom stereocenters. The predicted molar refractivity (Wildman–Crippen MR) is 97.9 cm³/mol. The van der Waals surface area contributed by atoms with Crippen LogP contribution in [0, 0.1) is 5.41 Å². The van der Waals surface area contributed by atoms with Crippen molar-refractivity contribution in [3.05, 3.63) is 34.6 Å². The van der Waals surface area contributed by atoms with Crippen molar-refractivity contribution in [3.8, 4) is 0 Å². The molecule has 0 heterocycles. The summed E-state index contributed by atoms with van der Waals surface area (Å²) in [5.74, 6) is 0. The maximum Gasteiger partial charge on any atom is 0.0372 e. The second-order valence-electron chi connectivity index (χ2n) is 7.60. The minimum Gasteiger partial charge on any atom is -0.385 e. The van der Waals surface area contributed by atoms with E-state index in [0.717, 1.165) is 6.54 Å². The normalized spacial score (nSPS) is 26.9. The summed E-state index contributed by atoms with van der Waals surface area (Å²) in [7, 11) is 0. The monoisotopic (exact) mass is 301 g/mol. The third kappa shape index (κ3) is 4.27. The van der Waals surface area contributed by atoms with Gasteiger partial charge in [-0.15, -0.1) is 0 Å². The van der Waals surface area contributed by atoms with Crippen LogP contribution >= 0.6 is 0 Å². The summed E-state index contributed by atoms with van der Waals surface area (Å²) in [6, 6.07) is 0. The molecule has 0 aliphatic heterocycles. The van der Waals surface area contributed by atoms with Gasteiger partial charge in [0.1, 0.15) is 0 Å². The molecule has 0 saturated heterocycles. The Bertz CT molecular complexity index is 462. The molecule has 0 radical (unpaired) electrons. The predicted octanol–water partition coefficient (Wildman–Crippen LogP) is 6.29. The fraction of sp³-hybridized carbons (Fsp3) is 0.714. The zero-order valence-electron chi connectivity index (χ0n) is 15.2. The molecule has 2 rings (SSSR count). The van der Waals surface area contributed by atoms with Gasteiger partial charge in [0.05, 0.1) is 0 Å². The molecule has 0 bridgehead atoms. The van der Waals surface area contributed by atoms with Gasteiger partial charge in [-0.2, -0.15) is 0 Å². The second kappa shape index (κ2) is 8.04. The Morgan fingerprint density at radius 2 is 1.73 bits per heavy atom. The van der Waals surface area contributed by atoms with Gasteiger partial charge in [-0.25, -0.2) is 0 Å². The lowest BCUT2D eigenvalue weighted by atomic mass is 9.76. The molecule has 2 aliphatic carbocycles. The van der Waals surface area contributed by atoms with Gasteiger partial charge in [0.2, 0.25) is 0 Å². The van der Waals surface area contributed by atoms with Crippen LogP contribution in [0.4, 0.5) is 0 Å². The van der Waals surface area contributed by atoms with E-state index in [1.807, 2.05) is 0 Å². The molecule has 2 aliphatic rings. The fourth-order valence-corrected chi connectivity index (χ4v) is 3.82. The van der Waals surface area contributed by atoms with Crippen molar-refractivity contribution in [1.29, 1.82) is 0 Å². The average molecular weight is 302 g/mol. The third-order valence-electron chi connectivity index (χ3n) is 5.53. The SMILES string of the molecule is CCNC1=CCCCC=C1/C1=C(/C)C(C)(C)CCCCCC1. The first kappa shape index (κ1) is 17.4. The van der Waals surface area contributed by atoms with Crippen LogP contribution in [-0.2, 0) is 0 Å². The molecule has 0 saturated carbocycles. The molecule has 0 spiro atoms. The van der Waals surface area contributed by atoms with E-state index in [9.17, 15) is 0 Å². The molecule has 22 heavy (non-hydrogen) atoms. The lowest BCUT2D eigenvalue weighted by Gasteiger charge is -2.30. The van der Waals surface area contributed by atoms with Crippen LogP contribution in [0.3, 0.4) is 0 Å². The molecule has 0 fully saturated rings. The van der Waals surface area contributed by atoms with E-state index in [4.69, 9.17) is 0 Å². The van der Waals surface area contributed by atoms with Crippen LogP contribution in [0.15, 0.2) is 34.6 Å². The zero-order valence-corrected chi connectivity index (χ0v) is 15.2. The third-order valence-corrected chi connectivity index (χ3v) is 5.53. The largest absolute Gasteiger partial charge is 0.385 e. The van der Waals surface area contributed by atoms with Crippen molar-refractivity contribution in [2.24, 2.45) is 5.41 Å². The van der Waals surface area contributed by atoms with Crippen LogP contribution in [0.25, 0.3) is 0 Å². The molecular formula is C21H35N. The van der Waals surface area contributed by atoms with Gasteiger partial charge in [-0.05, 0) is 68.9 Å². The highest BCUT2D eigenvalue weighted by Crippen LogP contribution is 2.40. The summed E-state index contributed by atoms with van der Waals surface area (Å²) in [4.78, 5) is 0. The summed E-state index contributed by atoms with van der Waals surface area (Å²) < 4.78 is 0. The molecule has 1 heteroatoms. The van der Waals surface area contributed by atoms with E-state index >= 15 is 0 Å². The van der Waals surface area contributed by atoms with E-state index in [2.05, 4.69) is 45.2 Å². The first-order valence-corrected chi connectivity index (χ1v) is 9.41. The maximum absolute atomic E-state index is 3.63. The lowest BCUT2D eigenvalue weighted by Crippen LogP contribution is -2.19. The van der Waals surface area contributed by atoms with E-state index in [1.165, 1.54) is 69.1 Å². The standard InChI is InChI=1S/C21H35N/c1-5-22-20-15-11-8-10-14-19(20)18-13-9-6-7-12-16-21(3,4)17(18)2/h14-15,22H,5-13,16H2,1-4H3/b18-17-. The summed E-state index contributed by atoms with van der Waals surface area (Å²) in [6.07, 6.45) is 16.8. The number of hydrogen-bond acceptors (Lipinski definition) is 1. The Hall–Kier alpha value is -0.980. The van der Waals surface area contributed by atoms with E-state index in [1.54, 1.807) is 11.1 Å². The first-order valence-electron chi connectivity index (χ1n) is 9.41. The van der Waals surface area contributed by atoms with Crippen molar-refractivity contribution < 1.29 is 0 Å². The molecule has 0 amide bonds. The van der Waals surface area contributed by atoms with Crippen molar-refractivity contribution in [1.82, 2.24) is 5.32 Å². The van der Waals surface area contributed by atoms with Gasteiger partial charge >= 0.3 is 0 Å². The number of nitrogens with one attached hydrogen (secondary N) is 1. The Balaban J connectivity index is 2.42. The minimum atomic E-state index is 0.337. The van der Waals surface area contributed by atoms with Gasteiger partial charge in [0.15, 0.2) is 0 Å². The van der Waals surface area contributed by atoms with Crippen molar-refractivity contribution in [2.75, 3.05) is 6.54 Å². The number of hydrogen-bond donors (Lipinski definition) is 1. The highest BCUT2D eigenvalue weighted by molar-refractivity contribution is 5.49. The number of likely N-dealkylation sites (N-methyl/N-ethyl adjacent to an activating group) is 1. The Labute approximate surface area is 138 Å². The summed E-state index contributed by atoms with van der Waals surface area (Å²) in [5, 5.41) is 3.63. The molecule has 0 unspecified atom stereocenters. The average Bonchev–Trinajstić information content (AvgIpc) is 2.68. The summed E-state index contributed by atoms with van der Waals surface area (Å²) in [6.45, 7) is 10.5. The lowest BCUT2D eigenvalue weighted by molar-refractivity contribution is 0.386. The van der Waals surface area contributed by atoms with Crippen LogP contribution in [0.1, 0.15) is 85.5 Å².